The van der Waals surface area contributed by atoms with Crippen LogP contribution in [0.1, 0.15) is 16.7 Å². The van der Waals surface area contributed by atoms with E-state index in [1.54, 1.807) is 25.1 Å². The monoisotopic (exact) mass is 293 g/mol. The number of alkyl halides is 3. The van der Waals surface area contributed by atoms with Crippen LogP contribution in [-0.4, -0.2) is 0 Å². The van der Waals surface area contributed by atoms with Crippen LogP contribution in [0.3, 0.4) is 0 Å². The average molecular weight is 293 g/mol. The smallest absolute Gasteiger partial charge is 0.206 e. The van der Waals surface area contributed by atoms with Crippen molar-refractivity contribution in [2.24, 2.45) is 0 Å². The average Bonchev–Trinajstić information content (AvgIpc) is 2.39. The summed E-state index contributed by atoms with van der Waals surface area (Å²) in [5.41, 5.74) is 0.776. The third kappa shape index (κ3) is 3.22. The highest BCUT2D eigenvalue weighted by Crippen LogP contribution is 2.34. The van der Waals surface area contributed by atoms with Crippen LogP contribution in [0, 0.1) is 24.1 Å². The van der Waals surface area contributed by atoms with Gasteiger partial charge in [-0.25, -0.2) is 4.39 Å². The minimum Gasteiger partial charge on any atom is -0.206 e. The maximum Gasteiger partial charge on any atom is 0.416 e. The third-order valence-electron chi connectivity index (χ3n) is 3.16. The molecule has 0 saturated carbocycles. The van der Waals surface area contributed by atoms with Crippen molar-refractivity contribution in [1.29, 1.82) is 5.26 Å². The predicted molar refractivity (Wildman–Crippen MR) is 70.9 cm³/mol. The Morgan fingerprint density at radius 3 is 2.33 bits per heavy atom. The normalized spacial score (nSPS) is 11.2. The summed E-state index contributed by atoms with van der Waals surface area (Å²) in [4.78, 5) is 0. The van der Waals surface area contributed by atoms with Gasteiger partial charge in [0, 0.05) is 5.56 Å². The Balaban J connectivity index is 2.54. The second kappa shape index (κ2) is 5.57. The van der Waals surface area contributed by atoms with Gasteiger partial charge < -0.3 is 0 Å². The van der Waals surface area contributed by atoms with Crippen molar-refractivity contribution in [3.05, 3.63) is 58.9 Å². The van der Waals surface area contributed by atoms with Crippen LogP contribution >= 0.6 is 0 Å². The summed E-state index contributed by atoms with van der Waals surface area (Å²) < 4.78 is 52.0. The van der Waals surface area contributed by atoms with E-state index in [0.717, 1.165) is 23.8 Å². The van der Waals surface area contributed by atoms with Crippen molar-refractivity contribution in [3.8, 4) is 17.2 Å². The van der Waals surface area contributed by atoms with Crippen LogP contribution < -0.4 is 0 Å². The maximum atomic E-state index is 13.9. The molecule has 2 aromatic carbocycles. The molecule has 0 spiro atoms. The lowest BCUT2D eigenvalue weighted by Gasteiger charge is -2.12. The summed E-state index contributed by atoms with van der Waals surface area (Å²) in [6.07, 6.45) is -4.32. The van der Waals surface area contributed by atoms with E-state index in [-0.39, 0.29) is 12.0 Å². The van der Waals surface area contributed by atoms with E-state index in [1.165, 1.54) is 0 Å². The molecule has 2 rings (SSSR count). The van der Waals surface area contributed by atoms with Crippen molar-refractivity contribution >= 4 is 0 Å². The molecule has 0 amide bonds. The number of hydrogen-bond donors (Lipinski definition) is 0. The van der Waals surface area contributed by atoms with E-state index in [0.29, 0.717) is 11.1 Å². The number of nitrogens with zero attached hydrogens (tertiary/aromatic N) is 1. The minimum absolute atomic E-state index is 0.0918. The molecule has 0 bridgehead atoms. The van der Waals surface area contributed by atoms with E-state index in [4.69, 9.17) is 5.26 Å². The van der Waals surface area contributed by atoms with Gasteiger partial charge in [-0.1, -0.05) is 18.2 Å². The molecule has 0 heterocycles. The van der Waals surface area contributed by atoms with Crippen molar-refractivity contribution in [2.45, 2.75) is 19.5 Å². The number of hydrogen-bond acceptors (Lipinski definition) is 1. The highest BCUT2D eigenvalue weighted by molar-refractivity contribution is 5.69. The van der Waals surface area contributed by atoms with Gasteiger partial charge in [0.15, 0.2) is 0 Å². The zero-order valence-electron chi connectivity index (χ0n) is 11.1. The lowest BCUT2D eigenvalue weighted by Crippen LogP contribution is -2.05. The van der Waals surface area contributed by atoms with Crippen LogP contribution in [0.25, 0.3) is 11.1 Å². The standard InChI is InChI=1S/C16H11F4N/c1-10-8-11(6-7-21)2-4-13(10)14-9-12(16(18,19)20)3-5-15(14)17/h2-5,8-9H,6H2,1H3. The Morgan fingerprint density at radius 1 is 1.05 bits per heavy atom. The number of rotatable bonds is 2. The van der Waals surface area contributed by atoms with Gasteiger partial charge >= 0.3 is 6.18 Å². The summed E-state index contributed by atoms with van der Waals surface area (Å²) in [5.74, 6) is -0.709. The van der Waals surface area contributed by atoms with Gasteiger partial charge in [0.1, 0.15) is 5.82 Å². The molecular formula is C16H11F4N. The van der Waals surface area contributed by atoms with Gasteiger partial charge in [0.25, 0.3) is 0 Å². The molecule has 0 aliphatic carbocycles. The molecule has 0 unspecified atom stereocenters. The molecular weight excluding hydrogens is 282 g/mol. The fourth-order valence-electron chi connectivity index (χ4n) is 2.14. The van der Waals surface area contributed by atoms with Crippen LogP contribution in [-0.2, 0) is 12.6 Å². The predicted octanol–water partition coefficient (Wildman–Crippen LogP) is 4.89. The van der Waals surface area contributed by atoms with Crippen molar-refractivity contribution in [1.82, 2.24) is 0 Å². The first-order chi connectivity index (χ1) is 9.82. The fraction of sp³-hybridized carbons (Fsp3) is 0.188. The molecule has 21 heavy (non-hydrogen) atoms. The molecule has 0 N–H and O–H groups in total. The SMILES string of the molecule is Cc1cc(CC#N)ccc1-c1cc(C(F)(F)F)ccc1F. The second-order valence-electron chi connectivity index (χ2n) is 4.68. The first kappa shape index (κ1) is 15.0. The maximum absolute atomic E-state index is 13.9. The third-order valence-corrected chi connectivity index (χ3v) is 3.16. The summed E-state index contributed by atoms with van der Waals surface area (Å²) in [5, 5.41) is 8.63. The Kier molecular flexibility index (Phi) is 3.99. The van der Waals surface area contributed by atoms with Crippen molar-refractivity contribution in [3.63, 3.8) is 0 Å². The van der Waals surface area contributed by atoms with E-state index >= 15 is 0 Å². The second-order valence-corrected chi connectivity index (χ2v) is 4.68. The molecule has 0 atom stereocenters. The van der Waals surface area contributed by atoms with Gasteiger partial charge in [-0.05, 0) is 41.8 Å². The molecule has 108 valence electrons. The summed E-state index contributed by atoms with van der Waals surface area (Å²) in [6, 6.07) is 9.17. The Hall–Kier alpha value is -2.35. The zero-order chi connectivity index (χ0) is 15.6. The fourth-order valence-corrected chi connectivity index (χ4v) is 2.14. The van der Waals surface area contributed by atoms with E-state index in [1.807, 2.05) is 6.07 Å². The first-order valence-electron chi connectivity index (χ1n) is 6.16. The Labute approximate surface area is 119 Å². The summed E-state index contributed by atoms with van der Waals surface area (Å²) in [6.45, 7) is 1.68. The van der Waals surface area contributed by atoms with E-state index < -0.39 is 17.6 Å². The lowest BCUT2D eigenvalue weighted by molar-refractivity contribution is -0.137. The molecule has 0 aliphatic rings. The van der Waals surface area contributed by atoms with Crippen LogP contribution in [0.2, 0.25) is 0 Å². The molecule has 0 fully saturated rings. The first-order valence-corrected chi connectivity index (χ1v) is 6.16. The molecule has 0 radical (unpaired) electrons. The van der Waals surface area contributed by atoms with Crippen molar-refractivity contribution in [2.75, 3.05) is 0 Å². The van der Waals surface area contributed by atoms with Gasteiger partial charge in [-0.15, -0.1) is 0 Å². The molecule has 0 saturated heterocycles. The number of halogens is 4. The Bertz CT molecular complexity index is 711. The van der Waals surface area contributed by atoms with E-state index in [9.17, 15) is 17.6 Å². The molecule has 0 aromatic heterocycles. The van der Waals surface area contributed by atoms with Gasteiger partial charge in [-0.3, -0.25) is 0 Å². The van der Waals surface area contributed by atoms with Gasteiger partial charge in [-0.2, -0.15) is 18.4 Å². The topological polar surface area (TPSA) is 23.8 Å². The highest BCUT2D eigenvalue weighted by Gasteiger charge is 2.31. The van der Waals surface area contributed by atoms with Gasteiger partial charge in [0.2, 0.25) is 0 Å². The lowest BCUT2D eigenvalue weighted by atomic mass is 9.96. The summed E-state index contributed by atoms with van der Waals surface area (Å²) >= 11 is 0. The Morgan fingerprint density at radius 2 is 1.76 bits per heavy atom. The molecule has 1 nitrogen and oxygen atoms in total. The van der Waals surface area contributed by atoms with E-state index in [2.05, 4.69) is 0 Å². The highest BCUT2D eigenvalue weighted by atomic mass is 19.4. The van der Waals surface area contributed by atoms with Gasteiger partial charge in [0.05, 0.1) is 18.1 Å². The molecule has 5 heteroatoms. The zero-order valence-corrected chi connectivity index (χ0v) is 11.1. The molecule has 0 aliphatic heterocycles. The number of aryl methyl sites for hydroxylation is 1. The van der Waals surface area contributed by atoms with Crippen LogP contribution in [0.15, 0.2) is 36.4 Å². The minimum atomic E-state index is -4.52. The largest absolute Gasteiger partial charge is 0.416 e. The number of nitriles is 1. The van der Waals surface area contributed by atoms with Crippen LogP contribution in [0.4, 0.5) is 17.6 Å². The quantitative estimate of drug-likeness (QED) is 0.723. The number of benzene rings is 2. The van der Waals surface area contributed by atoms with Crippen molar-refractivity contribution < 1.29 is 17.6 Å². The van der Waals surface area contributed by atoms with Crippen LogP contribution in [0.5, 0.6) is 0 Å². The molecule has 2 aromatic rings. The summed E-state index contributed by atoms with van der Waals surface area (Å²) in [7, 11) is 0.